The molecule has 2 aromatic heterocycles. The summed E-state index contributed by atoms with van der Waals surface area (Å²) >= 11 is 0. The van der Waals surface area contributed by atoms with Gasteiger partial charge in [0, 0.05) is 32.4 Å². The van der Waals surface area contributed by atoms with Gasteiger partial charge in [0.05, 0.1) is 6.20 Å². The molecule has 0 spiro atoms. The number of aromatic nitrogens is 4. The number of aryl methyl sites for hydroxylation is 1. The lowest BCUT2D eigenvalue weighted by atomic mass is 10.3. The molecule has 0 aromatic carbocycles. The molecule has 0 unspecified atom stereocenters. The summed E-state index contributed by atoms with van der Waals surface area (Å²) in [6.45, 7) is 1.16. The number of halogens is 2. The van der Waals surface area contributed by atoms with Crippen molar-refractivity contribution in [3.63, 3.8) is 0 Å². The molecule has 102 valence electrons. The van der Waals surface area contributed by atoms with Gasteiger partial charge in [-0.1, -0.05) is 5.21 Å². The third kappa shape index (κ3) is 3.36. The van der Waals surface area contributed by atoms with Crippen LogP contribution in [0.25, 0.3) is 0 Å². The van der Waals surface area contributed by atoms with Crippen LogP contribution in [0, 0.1) is 11.6 Å². The largest absolute Gasteiger partial charge is 0.371 e. The first kappa shape index (κ1) is 13.2. The van der Waals surface area contributed by atoms with Gasteiger partial charge < -0.3 is 10.6 Å². The lowest BCUT2D eigenvalue weighted by molar-refractivity contribution is 0.563. The number of hydrogen-bond acceptors (Lipinski definition) is 5. The molecule has 0 amide bonds. The van der Waals surface area contributed by atoms with Crippen LogP contribution in [0.3, 0.4) is 0 Å². The monoisotopic (exact) mass is 268 g/mol. The van der Waals surface area contributed by atoms with Gasteiger partial charge in [0.25, 0.3) is 0 Å². The third-order valence-electron chi connectivity index (χ3n) is 2.49. The summed E-state index contributed by atoms with van der Waals surface area (Å²) in [6, 6.07) is 0.804. The second-order valence-electron chi connectivity index (χ2n) is 3.85. The van der Waals surface area contributed by atoms with Crippen LogP contribution in [0.5, 0.6) is 0 Å². The van der Waals surface area contributed by atoms with Gasteiger partial charge in [0.15, 0.2) is 23.3 Å². The predicted molar refractivity (Wildman–Crippen MR) is 66.8 cm³/mol. The van der Waals surface area contributed by atoms with Crippen molar-refractivity contribution in [2.75, 3.05) is 24.2 Å². The number of pyridine rings is 1. The van der Waals surface area contributed by atoms with E-state index in [1.165, 1.54) is 7.05 Å². The molecule has 0 aliphatic rings. The summed E-state index contributed by atoms with van der Waals surface area (Å²) in [7, 11) is 1.53. The van der Waals surface area contributed by atoms with Crippen LogP contribution in [-0.4, -0.2) is 33.6 Å². The Morgan fingerprint density at radius 3 is 2.74 bits per heavy atom. The van der Waals surface area contributed by atoms with Crippen molar-refractivity contribution in [2.45, 2.75) is 13.0 Å². The molecule has 0 atom stereocenters. The maximum Gasteiger partial charge on any atom is 0.168 e. The first-order valence-electron chi connectivity index (χ1n) is 5.82. The lowest BCUT2D eigenvalue weighted by Crippen LogP contribution is -2.11. The fraction of sp³-hybridized carbons (Fsp3) is 0.364. The molecular formula is C11H14F2N6. The van der Waals surface area contributed by atoms with Crippen LogP contribution >= 0.6 is 0 Å². The molecule has 0 aliphatic heterocycles. The quantitative estimate of drug-likeness (QED) is 0.777. The molecule has 19 heavy (non-hydrogen) atoms. The molecule has 2 aromatic rings. The topological polar surface area (TPSA) is 67.7 Å². The number of hydrogen-bond donors (Lipinski definition) is 2. The van der Waals surface area contributed by atoms with Gasteiger partial charge in [-0.15, -0.1) is 5.10 Å². The van der Waals surface area contributed by atoms with E-state index in [0.29, 0.717) is 13.1 Å². The van der Waals surface area contributed by atoms with E-state index in [-0.39, 0.29) is 11.6 Å². The van der Waals surface area contributed by atoms with Crippen molar-refractivity contribution in [2.24, 2.45) is 0 Å². The minimum Gasteiger partial charge on any atom is -0.371 e. The highest BCUT2D eigenvalue weighted by Crippen LogP contribution is 2.18. The number of rotatable bonds is 6. The van der Waals surface area contributed by atoms with E-state index >= 15 is 0 Å². The molecule has 0 radical (unpaired) electrons. The normalized spacial score (nSPS) is 10.5. The van der Waals surface area contributed by atoms with E-state index in [0.717, 1.165) is 12.5 Å². The molecule has 0 saturated carbocycles. The first-order chi connectivity index (χ1) is 9.20. The van der Waals surface area contributed by atoms with Gasteiger partial charge >= 0.3 is 0 Å². The Morgan fingerprint density at radius 2 is 2.05 bits per heavy atom. The Balaban J connectivity index is 1.88. The molecule has 0 bridgehead atoms. The lowest BCUT2D eigenvalue weighted by Gasteiger charge is -2.09. The van der Waals surface area contributed by atoms with Gasteiger partial charge in [-0.25, -0.2) is 13.8 Å². The Kier molecular flexibility index (Phi) is 4.22. The van der Waals surface area contributed by atoms with Crippen molar-refractivity contribution in [1.29, 1.82) is 0 Å². The van der Waals surface area contributed by atoms with Crippen molar-refractivity contribution >= 4 is 11.6 Å². The summed E-state index contributed by atoms with van der Waals surface area (Å²) in [5.74, 6) is -1.38. The number of anilines is 2. The van der Waals surface area contributed by atoms with E-state index < -0.39 is 11.6 Å². The standard InChI is InChI=1S/C11H14F2N6/c1-14-10-8(12)7-9(13)11(17-10)15-3-2-5-19-6-4-16-18-19/h4,6-7H,2-3,5H2,1H3,(H2,14,15,17). The van der Waals surface area contributed by atoms with Crippen LogP contribution in [0.1, 0.15) is 6.42 Å². The van der Waals surface area contributed by atoms with Gasteiger partial charge in [0.2, 0.25) is 0 Å². The van der Waals surface area contributed by atoms with Crippen LogP contribution in [-0.2, 0) is 6.54 Å². The first-order valence-corrected chi connectivity index (χ1v) is 5.82. The van der Waals surface area contributed by atoms with E-state index in [9.17, 15) is 8.78 Å². The molecular weight excluding hydrogens is 254 g/mol. The SMILES string of the molecule is CNc1nc(NCCCn2ccnn2)c(F)cc1F. The van der Waals surface area contributed by atoms with E-state index in [4.69, 9.17) is 0 Å². The molecule has 0 fully saturated rings. The highest BCUT2D eigenvalue weighted by Gasteiger charge is 2.10. The molecule has 0 saturated heterocycles. The van der Waals surface area contributed by atoms with Crippen LogP contribution in [0.2, 0.25) is 0 Å². The maximum atomic E-state index is 13.4. The zero-order chi connectivity index (χ0) is 13.7. The van der Waals surface area contributed by atoms with E-state index in [1.54, 1.807) is 17.1 Å². The van der Waals surface area contributed by atoms with Gasteiger partial charge in [-0.2, -0.15) is 0 Å². The minimum atomic E-state index is -0.715. The molecule has 6 nitrogen and oxygen atoms in total. The van der Waals surface area contributed by atoms with Crippen LogP contribution in [0.4, 0.5) is 20.4 Å². The Bertz CT molecular complexity index is 528. The minimum absolute atomic E-state index is 0.0141. The van der Waals surface area contributed by atoms with Crippen LogP contribution in [0.15, 0.2) is 18.5 Å². The van der Waals surface area contributed by atoms with E-state index in [2.05, 4.69) is 25.9 Å². The molecule has 2 N–H and O–H groups in total. The summed E-state index contributed by atoms with van der Waals surface area (Å²) < 4.78 is 28.3. The highest BCUT2D eigenvalue weighted by atomic mass is 19.1. The maximum absolute atomic E-state index is 13.4. The zero-order valence-electron chi connectivity index (χ0n) is 10.4. The van der Waals surface area contributed by atoms with Crippen molar-refractivity contribution < 1.29 is 8.78 Å². The van der Waals surface area contributed by atoms with Crippen molar-refractivity contribution in [1.82, 2.24) is 20.0 Å². The molecule has 0 aliphatic carbocycles. The molecule has 2 rings (SSSR count). The average molecular weight is 268 g/mol. The predicted octanol–water partition coefficient (Wildman–Crippen LogP) is 1.50. The van der Waals surface area contributed by atoms with E-state index in [1.807, 2.05) is 0 Å². The third-order valence-corrected chi connectivity index (χ3v) is 2.49. The van der Waals surface area contributed by atoms with Crippen molar-refractivity contribution in [3.8, 4) is 0 Å². The fourth-order valence-electron chi connectivity index (χ4n) is 1.57. The summed E-state index contributed by atoms with van der Waals surface area (Å²) in [5.41, 5.74) is 0. The molecule has 2 heterocycles. The fourth-order valence-corrected chi connectivity index (χ4v) is 1.57. The van der Waals surface area contributed by atoms with Gasteiger partial charge in [-0.3, -0.25) is 4.68 Å². The summed E-state index contributed by atoms with van der Waals surface area (Å²) in [6.07, 6.45) is 4.06. The Labute approximate surface area is 108 Å². The Morgan fingerprint density at radius 1 is 1.26 bits per heavy atom. The Hall–Kier alpha value is -2.25. The second kappa shape index (κ2) is 6.07. The summed E-state index contributed by atoms with van der Waals surface area (Å²) in [5, 5.41) is 12.9. The highest BCUT2D eigenvalue weighted by molar-refractivity contribution is 5.47. The second-order valence-corrected chi connectivity index (χ2v) is 3.85. The zero-order valence-corrected chi connectivity index (χ0v) is 10.4. The number of nitrogens with one attached hydrogen (secondary N) is 2. The van der Waals surface area contributed by atoms with Crippen LogP contribution < -0.4 is 10.6 Å². The van der Waals surface area contributed by atoms with Gasteiger partial charge in [0.1, 0.15) is 0 Å². The number of nitrogens with zero attached hydrogens (tertiary/aromatic N) is 4. The molecule has 8 heteroatoms. The van der Waals surface area contributed by atoms with Gasteiger partial charge in [-0.05, 0) is 6.42 Å². The summed E-state index contributed by atoms with van der Waals surface area (Å²) in [4.78, 5) is 3.82. The van der Waals surface area contributed by atoms with Crippen molar-refractivity contribution in [3.05, 3.63) is 30.1 Å². The average Bonchev–Trinajstić information content (AvgIpc) is 2.90. The smallest absolute Gasteiger partial charge is 0.168 e.